The van der Waals surface area contributed by atoms with Crippen molar-refractivity contribution in [3.05, 3.63) is 57.5 Å². The van der Waals surface area contributed by atoms with E-state index in [0.29, 0.717) is 11.6 Å². The fourth-order valence-corrected chi connectivity index (χ4v) is 2.17. The summed E-state index contributed by atoms with van der Waals surface area (Å²) in [6.07, 6.45) is 0.853. The van der Waals surface area contributed by atoms with Gasteiger partial charge in [-0.2, -0.15) is 0 Å². The molecule has 0 spiro atoms. The predicted molar refractivity (Wildman–Crippen MR) is 82.1 cm³/mol. The molecule has 1 aromatic heterocycles. The summed E-state index contributed by atoms with van der Waals surface area (Å²) in [7, 11) is 0. The van der Waals surface area contributed by atoms with Crippen LogP contribution in [-0.2, 0) is 0 Å². The van der Waals surface area contributed by atoms with Gasteiger partial charge in [-0.15, -0.1) is 0 Å². The first-order chi connectivity index (χ1) is 10.4. The number of hydrogen-bond donors (Lipinski definition) is 2. The van der Waals surface area contributed by atoms with E-state index in [4.69, 9.17) is 0 Å². The number of H-pyrrole nitrogens is 1. The SMILES string of the molecule is CCC(C)Nc1nc(C(C)c2c(F)cccc2F)cc(=O)[nH]1. The zero-order valence-electron chi connectivity index (χ0n) is 12.8. The standard InChI is InChI=1S/C16H19F2N3O/c1-4-9(2)19-16-20-13(8-14(22)21-16)10(3)15-11(17)6-5-7-12(15)18/h5-10H,4H2,1-3H3,(H2,19,20,21,22). The van der Waals surface area contributed by atoms with Crippen LogP contribution in [0, 0.1) is 11.6 Å². The van der Waals surface area contributed by atoms with E-state index in [2.05, 4.69) is 15.3 Å². The second-order valence-electron chi connectivity index (χ2n) is 5.33. The number of nitrogens with zero attached hydrogens (tertiary/aromatic N) is 1. The molecule has 6 heteroatoms. The lowest BCUT2D eigenvalue weighted by atomic mass is 9.96. The van der Waals surface area contributed by atoms with E-state index in [9.17, 15) is 13.6 Å². The molecule has 2 N–H and O–H groups in total. The van der Waals surface area contributed by atoms with Gasteiger partial charge < -0.3 is 5.32 Å². The number of anilines is 1. The lowest BCUT2D eigenvalue weighted by Gasteiger charge is -2.16. The molecule has 0 fully saturated rings. The Labute approximate surface area is 127 Å². The lowest BCUT2D eigenvalue weighted by molar-refractivity contribution is 0.545. The molecule has 0 aliphatic heterocycles. The number of benzene rings is 1. The molecule has 2 rings (SSSR count). The minimum absolute atomic E-state index is 0.0879. The third-order valence-electron chi connectivity index (χ3n) is 3.63. The summed E-state index contributed by atoms with van der Waals surface area (Å²) in [6, 6.07) is 5.08. The van der Waals surface area contributed by atoms with Crippen LogP contribution in [0.1, 0.15) is 44.4 Å². The highest BCUT2D eigenvalue weighted by molar-refractivity contribution is 5.34. The maximum Gasteiger partial charge on any atom is 0.252 e. The summed E-state index contributed by atoms with van der Waals surface area (Å²) in [5, 5.41) is 3.05. The van der Waals surface area contributed by atoms with Crippen molar-refractivity contribution in [3.63, 3.8) is 0 Å². The minimum Gasteiger partial charge on any atom is -0.353 e. The zero-order chi connectivity index (χ0) is 16.3. The average Bonchev–Trinajstić information content (AvgIpc) is 2.46. The number of rotatable bonds is 5. The number of aromatic nitrogens is 2. The Morgan fingerprint density at radius 1 is 1.27 bits per heavy atom. The average molecular weight is 307 g/mol. The highest BCUT2D eigenvalue weighted by Gasteiger charge is 2.20. The summed E-state index contributed by atoms with van der Waals surface area (Å²) < 4.78 is 27.8. The molecule has 22 heavy (non-hydrogen) atoms. The molecule has 0 amide bonds. The predicted octanol–water partition coefficient (Wildman–Crippen LogP) is 3.41. The molecule has 1 heterocycles. The topological polar surface area (TPSA) is 57.8 Å². The van der Waals surface area contributed by atoms with E-state index in [1.165, 1.54) is 24.3 Å². The van der Waals surface area contributed by atoms with Gasteiger partial charge in [0.25, 0.3) is 5.56 Å². The fourth-order valence-electron chi connectivity index (χ4n) is 2.17. The summed E-state index contributed by atoms with van der Waals surface area (Å²) in [5.74, 6) is -1.65. The maximum absolute atomic E-state index is 13.9. The van der Waals surface area contributed by atoms with Crippen LogP contribution < -0.4 is 10.9 Å². The molecular formula is C16H19F2N3O. The molecule has 0 saturated carbocycles. The molecule has 2 atom stereocenters. The maximum atomic E-state index is 13.9. The number of halogens is 2. The largest absolute Gasteiger partial charge is 0.353 e. The number of nitrogens with one attached hydrogen (secondary N) is 2. The zero-order valence-corrected chi connectivity index (χ0v) is 12.8. The molecule has 0 saturated heterocycles. The van der Waals surface area contributed by atoms with Crippen molar-refractivity contribution >= 4 is 5.95 Å². The van der Waals surface area contributed by atoms with Crippen LogP contribution in [0.2, 0.25) is 0 Å². The third-order valence-corrected chi connectivity index (χ3v) is 3.63. The molecule has 0 bridgehead atoms. The molecule has 118 valence electrons. The first kappa shape index (κ1) is 16.1. The van der Waals surface area contributed by atoms with Gasteiger partial charge in [-0.05, 0) is 25.5 Å². The summed E-state index contributed by atoms with van der Waals surface area (Å²) in [4.78, 5) is 18.6. The van der Waals surface area contributed by atoms with Gasteiger partial charge in [0.1, 0.15) is 11.6 Å². The van der Waals surface area contributed by atoms with Gasteiger partial charge in [-0.25, -0.2) is 13.8 Å². The van der Waals surface area contributed by atoms with Gasteiger partial charge in [-0.3, -0.25) is 9.78 Å². The Morgan fingerprint density at radius 2 is 1.91 bits per heavy atom. The fraction of sp³-hybridized carbons (Fsp3) is 0.375. The molecule has 2 aromatic rings. The molecule has 4 nitrogen and oxygen atoms in total. The molecule has 0 radical (unpaired) electrons. The Kier molecular flexibility index (Phi) is 4.90. The second-order valence-corrected chi connectivity index (χ2v) is 5.33. The highest BCUT2D eigenvalue weighted by Crippen LogP contribution is 2.27. The second kappa shape index (κ2) is 6.68. The van der Waals surface area contributed by atoms with E-state index in [-0.39, 0.29) is 17.2 Å². The van der Waals surface area contributed by atoms with Crippen LogP contribution in [0.5, 0.6) is 0 Å². The van der Waals surface area contributed by atoms with Crippen molar-refractivity contribution in [1.82, 2.24) is 9.97 Å². The smallest absolute Gasteiger partial charge is 0.252 e. The van der Waals surface area contributed by atoms with Crippen LogP contribution in [0.25, 0.3) is 0 Å². The van der Waals surface area contributed by atoms with Crippen LogP contribution in [0.15, 0.2) is 29.1 Å². The minimum atomic E-state index is -0.666. The Hall–Kier alpha value is -2.24. The van der Waals surface area contributed by atoms with Crippen molar-refractivity contribution in [2.24, 2.45) is 0 Å². The molecule has 1 aromatic carbocycles. The summed E-state index contributed by atoms with van der Waals surface area (Å²) in [5.41, 5.74) is -0.131. The number of hydrogen-bond acceptors (Lipinski definition) is 3. The summed E-state index contributed by atoms with van der Waals surface area (Å²) >= 11 is 0. The van der Waals surface area contributed by atoms with Crippen molar-refractivity contribution in [3.8, 4) is 0 Å². The van der Waals surface area contributed by atoms with Crippen LogP contribution in [-0.4, -0.2) is 16.0 Å². The lowest BCUT2D eigenvalue weighted by Crippen LogP contribution is -2.21. The summed E-state index contributed by atoms with van der Waals surface area (Å²) in [6.45, 7) is 5.57. The highest BCUT2D eigenvalue weighted by atomic mass is 19.1. The van der Waals surface area contributed by atoms with Gasteiger partial charge >= 0.3 is 0 Å². The first-order valence-corrected chi connectivity index (χ1v) is 7.24. The molecule has 0 aliphatic carbocycles. The van der Waals surface area contributed by atoms with Gasteiger partial charge in [0.2, 0.25) is 5.95 Å². The molecule has 2 unspecified atom stereocenters. The van der Waals surface area contributed by atoms with Crippen LogP contribution in [0.4, 0.5) is 14.7 Å². The monoisotopic (exact) mass is 307 g/mol. The van der Waals surface area contributed by atoms with E-state index < -0.39 is 17.6 Å². The Bertz CT molecular complexity index is 695. The first-order valence-electron chi connectivity index (χ1n) is 7.24. The quantitative estimate of drug-likeness (QED) is 0.890. The third kappa shape index (κ3) is 3.50. The van der Waals surface area contributed by atoms with Crippen molar-refractivity contribution in [1.29, 1.82) is 0 Å². The van der Waals surface area contributed by atoms with Crippen molar-refractivity contribution in [2.75, 3.05) is 5.32 Å². The van der Waals surface area contributed by atoms with Crippen LogP contribution >= 0.6 is 0 Å². The van der Waals surface area contributed by atoms with Gasteiger partial charge in [-0.1, -0.05) is 19.9 Å². The van der Waals surface area contributed by atoms with Gasteiger partial charge in [0.05, 0.1) is 5.69 Å². The van der Waals surface area contributed by atoms with E-state index in [1.54, 1.807) is 6.92 Å². The normalized spacial score (nSPS) is 13.7. The van der Waals surface area contributed by atoms with Crippen molar-refractivity contribution in [2.45, 2.75) is 39.2 Å². The van der Waals surface area contributed by atoms with Gasteiger partial charge in [0, 0.05) is 23.6 Å². The van der Waals surface area contributed by atoms with E-state index >= 15 is 0 Å². The molecular weight excluding hydrogens is 288 g/mol. The Morgan fingerprint density at radius 3 is 2.50 bits per heavy atom. The van der Waals surface area contributed by atoms with E-state index in [0.717, 1.165) is 6.42 Å². The number of aromatic amines is 1. The van der Waals surface area contributed by atoms with Crippen molar-refractivity contribution < 1.29 is 8.78 Å². The van der Waals surface area contributed by atoms with Crippen LogP contribution in [0.3, 0.4) is 0 Å². The molecule has 0 aliphatic rings. The Balaban J connectivity index is 2.41. The van der Waals surface area contributed by atoms with Gasteiger partial charge in [0.15, 0.2) is 0 Å². The van der Waals surface area contributed by atoms with E-state index in [1.807, 2.05) is 13.8 Å².